The summed E-state index contributed by atoms with van der Waals surface area (Å²) in [5.41, 5.74) is 5.14. The van der Waals surface area contributed by atoms with Crippen molar-refractivity contribution >= 4 is 39.7 Å². The van der Waals surface area contributed by atoms with E-state index in [1.54, 1.807) is 4.90 Å². The number of benzene rings is 2. The van der Waals surface area contributed by atoms with Crippen LogP contribution in [0.3, 0.4) is 0 Å². The molecule has 204 valence electrons. The molecule has 9 heteroatoms. The molecule has 1 fully saturated rings. The van der Waals surface area contributed by atoms with Crippen LogP contribution < -0.4 is 4.90 Å². The second kappa shape index (κ2) is 9.72. The summed E-state index contributed by atoms with van der Waals surface area (Å²) in [5, 5.41) is 22.6. The van der Waals surface area contributed by atoms with Crippen molar-refractivity contribution in [3.8, 4) is 0 Å². The third-order valence-electron chi connectivity index (χ3n) is 8.68. The second-order valence-electron chi connectivity index (χ2n) is 11.0. The van der Waals surface area contributed by atoms with Crippen LogP contribution in [0.1, 0.15) is 68.1 Å². The Morgan fingerprint density at radius 3 is 2.67 bits per heavy atom. The largest absolute Gasteiger partial charge is 0.481 e. The van der Waals surface area contributed by atoms with E-state index in [2.05, 4.69) is 4.57 Å². The van der Waals surface area contributed by atoms with E-state index in [-0.39, 0.29) is 12.1 Å². The Labute approximate surface area is 226 Å². The number of fused-ring (bicyclic) bond motifs is 4. The van der Waals surface area contributed by atoms with Gasteiger partial charge in [0.2, 0.25) is 0 Å². The highest BCUT2D eigenvalue weighted by molar-refractivity contribution is 5.95. The lowest BCUT2D eigenvalue weighted by atomic mass is 9.85. The SMILES string of the molecule is COC(=O)N1c2ccc3c(nc([C@H](O)c4ccc5c(ccn5C)c4)n3[C@@H]3CCC[C@@H](C(=O)O)C3)c2CC[C@@H]1C. The quantitative estimate of drug-likeness (QED) is 0.369. The molecule has 1 saturated carbocycles. The van der Waals surface area contributed by atoms with Crippen molar-refractivity contribution in [1.82, 2.24) is 14.1 Å². The van der Waals surface area contributed by atoms with Crippen molar-refractivity contribution in [3.05, 3.63) is 59.5 Å². The van der Waals surface area contributed by atoms with E-state index in [1.165, 1.54) is 7.11 Å². The zero-order valence-corrected chi connectivity index (χ0v) is 22.5. The molecule has 1 aliphatic carbocycles. The molecular formula is C30H34N4O5. The first kappa shape index (κ1) is 25.4. The van der Waals surface area contributed by atoms with E-state index in [9.17, 15) is 19.8 Å². The van der Waals surface area contributed by atoms with Crippen LogP contribution in [0.2, 0.25) is 0 Å². The molecule has 1 amide bonds. The molecule has 2 aromatic carbocycles. The van der Waals surface area contributed by atoms with Crippen LogP contribution in [0.25, 0.3) is 21.9 Å². The van der Waals surface area contributed by atoms with Gasteiger partial charge in [-0.05, 0) is 80.3 Å². The molecule has 9 nitrogen and oxygen atoms in total. The predicted octanol–water partition coefficient (Wildman–Crippen LogP) is 5.33. The fourth-order valence-corrected chi connectivity index (χ4v) is 6.61. The Morgan fingerprint density at radius 2 is 1.90 bits per heavy atom. The number of carboxylic acids is 1. The Bertz CT molecular complexity index is 1590. The van der Waals surface area contributed by atoms with E-state index in [4.69, 9.17) is 9.72 Å². The fraction of sp³-hybridized carbons (Fsp3) is 0.433. The minimum Gasteiger partial charge on any atom is -0.481 e. The summed E-state index contributed by atoms with van der Waals surface area (Å²) < 4.78 is 9.20. The topological polar surface area (TPSA) is 110 Å². The van der Waals surface area contributed by atoms with Crippen molar-refractivity contribution in [2.24, 2.45) is 13.0 Å². The molecule has 4 aromatic rings. The van der Waals surface area contributed by atoms with E-state index in [0.29, 0.717) is 18.7 Å². The number of rotatable bonds is 4. The number of aliphatic hydroxyl groups excluding tert-OH is 1. The van der Waals surface area contributed by atoms with Gasteiger partial charge in [0.25, 0.3) is 0 Å². The third kappa shape index (κ3) is 4.16. The molecule has 2 aromatic heterocycles. The standard InChI is InChI=1S/C30H34N4O5/c1-17-7-9-22-24(33(17)30(38)39-3)11-12-25-26(22)31-28(34(25)21-6-4-5-20(16-21)29(36)37)27(35)19-8-10-23-18(15-19)13-14-32(23)2/h8,10-15,17,20-21,27,35H,4-7,9,16H2,1-3H3,(H,36,37)/t17-,20+,21+,27+/m0/s1. The van der Waals surface area contributed by atoms with Crippen LogP contribution >= 0.6 is 0 Å². The van der Waals surface area contributed by atoms with Crippen molar-refractivity contribution in [2.45, 2.75) is 63.6 Å². The van der Waals surface area contributed by atoms with Crippen molar-refractivity contribution in [1.29, 1.82) is 0 Å². The number of carbonyl (C=O) groups excluding carboxylic acids is 1. The highest BCUT2D eigenvalue weighted by Gasteiger charge is 2.35. The highest BCUT2D eigenvalue weighted by Crippen LogP contribution is 2.42. The highest BCUT2D eigenvalue weighted by atomic mass is 16.5. The van der Waals surface area contributed by atoms with Gasteiger partial charge in [0.1, 0.15) is 11.9 Å². The van der Waals surface area contributed by atoms with Crippen molar-refractivity contribution in [3.63, 3.8) is 0 Å². The van der Waals surface area contributed by atoms with Crippen molar-refractivity contribution < 1.29 is 24.5 Å². The van der Waals surface area contributed by atoms with Gasteiger partial charge in [0.05, 0.1) is 29.7 Å². The Hall–Kier alpha value is -3.85. The number of aromatic nitrogens is 3. The van der Waals surface area contributed by atoms with Crippen LogP contribution in [0.15, 0.2) is 42.6 Å². The van der Waals surface area contributed by atoms with Gasteiger partial charge in [-0.1, -0.05) is 12.5 Å². The number of aliphatic carboxylic acids is 1. The number of ether oxygens (including phenoxy) is 1. The number of imidazole rings is 1. The summed E-state index contributed by atoms with van der Waals surface area (Å²) in [4.78, 5) is 31.3. The molecule has 4 atom stereocenters. The summed E-state index contributed by atoms with van der Waals surface area (Å²) in [5.74, 6) is -0.700. The van der Waals surface area contributed by atoms with Gasteiger partial charge in [0.15, 0.2) is 0 Å². The second-order valence-corrected chi connectivity index (χ2v) is 11.0. The monoisotopic (exact) mass is 530 g/mol. The first-order valence-corrected chi connectivity index (χ1v) is 13.6. The van der Waals surface area contributed by atoms with Crippen LogP contribution in [-0.2, 0) is 23.0 Å². The Kier molecular flexibility index (Phi) is 6.33. The van der Waals surface area contributed by atoms with E-state index < -0.39 is 24.1 Å². The molecule has 1 aliphatic heterocycles. The number of carboxylic acid groups (broad SMARTS) is 1. The van der Waals surface area contributed by atoms with Gasteiger partial charge in [-0.2, -0.15) is 0 Å². The van der Waals surface area contributed by atoms with E-state index in [1.807, 2.05) is 61.1 Å². The minimum absolute atomic E-state index is 0.0122. The first-order chi connectivity index (χ1) is 18.8. The maximum absolute atomic E-state index is 12.7. The molecule has 0 spiro atoms. The van der Waals surface area contributed by atoms with Gasteiger partial charge in [-0.3, -0.25) is 9.69 Å². The van der Waals surface area contributed by atoms with E-state index >= 15 is 0 Å². The summed E-state index contributed by atoms with van der Waals surface area (Å²) >= 11 is 0. The predicted molar refractivity (Wildman–Crippen MR) is 148 cm³/mol. The molecule has 2 aliphatic rings. The average Bonchev–Trinajstić information content (AvgIpc) is 3.52. The lowest BCUT2D eigenvalue weighted by molar-refractivity contribution is -0.143. The molecule has 2 N–H and O–H groups in total. The van der Waals surface area contributed by atoms with Gasteiger partial charge in [-0.15, -0.1) is 0 Å². The molecule has 6 rings (SSSR count). The first-order valence-electron chi connectivity index (χ1n) is 13.6. The smallest absolute Gasteiger partial charge is 0.414 e. The van der Waals surface area contributed by atoms with E-state index in [0.717, 1.165) is 64.4 Å². The number of amides is 1. The van der Waals surface area contributed by atoms with Crippen molar-refractivity contribution in [2.75, 3.05) is 12.0 Å². The number of carbonyl (C=O) groups is 2. The number of aryl methyl sites for hydroxylation is 2. The van der Waals surface area contributed by atoms with Gasteiger partial charge in [-0.25, -0.2) is 9.78 Å². The van der Waals surface area contributed by atoms with Gasteiger partial charge < -0.3 is 24.1 Å². The van der Waals surface area contributed by atoms with Crippen LogP contribution in [-0.4, -0.2) is 49.5 Å². The van der Waals surface area contributed by atoms with Gasteiger partial charge >= 0.3 is 12.1 Å². The number of methoxy groups -OCH3 is 1. The average molecular weight is 531 g/mol. The Morgan fingerprint density at radius 1 is 1.10 bits per heavy atom. The number of hydrogen-bond donors (Lipinski definition) is 2. The minimum atomic E-state index is -0.998. The number of hydrogen-bond acceptors (Lipinski definition) is 5. The normalized spacial score (nSPS) is 22.2. The molecule has 0 unspecified atom stereocenters. The molecule has 3 heterocycles. The molecule has 0 saturated heterocycles. The summed E-state index contributed by atoms with van der Waals surface area (Å²) in [6.07, 6.45) is 4.85. The third-order valence-corrected chi connectivity index (χ3v) is 8.68. The van der Waals surface area contributed by atoms with Crippen LogP contribution in [0.4, 0.5) is 10.5 Å². The fourth-order valence-electron chi connectivity index (χ4n) is 6.61. The zero-order valence-electron chi connectivity index (χ0n) is 22.5. The maximum Gasteiger partial charge on any atom is 0.414 e. The van der Waals surface area contributed by atoms with Gasteiger partial charge in [0, 0.05) is 36.4 Å². The Balaban J connectivity index is 1.53. The maximum atomic E-state index is 12.7. The van der Waals surface area contributed by atoms with Crippen LogP contribution in [0.5, 0.6) is 0 Å². The number of aliphatic hydroxyl groups is 1. The molecule has 0 bridgehead atoms. The zero-order chi connectivity index (χ0) is 27.4. The number of nitrogens with zero attached hydrogens (tertiary/aromatic N) is 4. The summed E-state index contributed by atoms with van der Waals surface area (Å²) in [7, 11) is 3.37. The lowest BCUT2D eigenvalue weighted by Gasteiger charge is -2.34. The molecular weight excluding hydrogens is 496 g/mol. The summed E-state index contributed by atoms with van der Waals surface area (Å²) in [6.45, 7) is 2.01. The molecule has 39 heavy (non-hydrogen) atoms. The number of anilines is 1. The summed E-state index contributed by atoms with van der Waals surface area (Å²) in [6, 6.07) is 11.7. The lowest BCUT2D eigenvalue weighted by Crippen LogP contribution is -2.42. The van der Waals surface area contributed by atoms with Crippen LogP contribution in [0, 0.1) is 5.92 Å². The molecule has 0 radical (unpaired) electrons.